The lowest BCUT2D eigenvalue weighted by molar-refractivity contribution is -0.134. The van der Waals surface area contributed by atoms with Gasteiger partial charge in [0.1, 0.15) is 11.6 Å². The van der Waals surface area contributed by atoms with Gasteiger partial charge in [-0.25, -0.2) is 4.39 Å². The Hall–Kier alpha value is -2.82. The van der Waals surface area contributed by atoms with Gasteiger partial charge in [-0.15, -0.1) is 0 Å². The Bertz CT molecular complexity index is 941. The third-order valence-corrected chi connectivity index (χ3v) is 5.35. The predicted molar refractivity (Wildman–Crippen MR) is 103 cm³/mol. The van der Waals surface area contributed by atoms with Crippen LogP contribution in [-0.2, 0) is 4.79 Å². The lowest BCUT2D eigenvalue weighted by Crippen LogP contribution is -2.40. The number of carbonyl (C=O) groups excluding carboxylic acids is 1. The molecule has 27 heavy (non-hydrogen) atoms. The molecular formula is C22H23FN2O2. The summed E-state index contributed by atoms with van der Waals surface area (Å²) in [7, 11) is 0. The molecule has 0 atom stereocenters. The van der Waals surface area contributed by atoms with Crippen LogP contribution in [0, 0.1) is 12.7 Å². The number of nitrogens with zero attached hydrogens (tertiary/aromatic N) is 1. The summed E-state index contributed by atoms with van der Waals surface area (Å²) in [6.45, 7) is 3.52. The van der Waals surface area contributed by atoms with Crippen molar-refractivity contribution in [1.29, 1.82) is 0 Å². The highest BCUT2D eigenvalue weighted by molar-refractivity contribution is 5.84. The number of amides is 1. The molecule has 0 unspecified atom stereocenters. The number of fused-ring (bicyclic) bond motifs is 1. The van der Waals surface area contributed by atoms with Gasteiger partial charge in [-0.1, -0.05) is 17.7 Å². The van der Waals surface area contributed by atoms with Crippen molar-refractivity contribution in [2.45, 2.75) is 25.7 Å². The summed E-state index contributed by atoms with van der Waals surface area (Å²) in [6.07, 6.45) is 3.79. The summed E-state index contributed by atoms with van der Waals surface area (Å²) in [4.78, 5) is 17.5. The van der Waals surface area contributed by atoms with Crippen molar-refractivity contribution in [3.05, 3.63) is 65.6 Å². The molecule has 1 amide bonds. The lowest BCUT2D eigenvalue weighted by Gasteiger charge is -2.32. The van der Waals surface area contributed by atoms with Crippen molar-refractivity contribution in [1.82, 2.24) is 9.88 Å². The van der Waals surface area contributed by atoms with E-state index in [1.807, 2.05) is 48.4 Å². The van der Waals surface area contributed by atoms with Crippen LogP contribution in [0.1, 0.15) is 29.9 Å². The van der Waals surface area contributed by atoms with Gasteiger partial charge in [0.25, 0.3) is 5.91 Å². The van der Waals surface area contributed by atoms with E-state index in [9.17, 15) is 9.18 Å². The van der Waals surface area contributed by atoms with Crippen LogP contribution in [0.2, 0.25) is 0 Å². The Balaban J connectivity index is 1.34. The van der Waals surface area contributed by atoms with Crippen molar-refractivity contribution in [3.8, 4) is 5.75 Å². The van der Waals surface area contributed by atoms with E-state index in [1.165, 1.54) is 17.7 Å². The second kappa shape index (κ2) is 7.43. The molecule has 1 fully saturated rings. The van der Waals surface area contributed by atoms with E-state index >= 15 is 0 Å². The zero-order chi connectivity index (χ0) is 18.8. The summed E-state index contributed by atoms with van der Waals surface area (Å²) < 4.78 is 19.0. The molecule has 1 aliphatic rings. The third kappa shape index (κ3) is 3.82. The average molecular weight is 366 g/mol. The van der Waals surface area contributed by atoms with E-state index in [0.29, 0.717) is 19.0 Å². The van der Waals surface area contributed by atoms with Crippen molar-refractivity contribution in [3.63, 3.8) is 0 Å². The van der Waals surface area contributed by atoms with Crippen LogP contribution in [0.5, 0.6) is 5.75 Å². The first-order valence-corrected chi connectivity index (χ1v) is 9.34. The molecule has 5 heteroatoms. The molecular weight excluding hydrogens is 343 g/mol. The van der Waals surface area contributed by atoms with E-state index in [0.717, 1.165) is 35.1 Å². The van der Waals surface area contributed by atoms with Crippen molar-refractivity contribution in [2.24, 2.45) is 0 Å². The standard InChI is InChI=1S/C22H23FN2O2/c1-15-2-5-18(6-3-15)27-14-22(26)25-10-8-16(9-11-25)20-13-24-21-12-17(23)4-7-19(20)21/h2-7,12-13,16,24H,8-11,14H2,1H3. The Kier molecular flexibility index (Phi) is 4.84. The number of hydrogen-bond donors (Lipinski definition) is 1. The highest BCUT2D eigenvalue weighted by Gasteiger charge is 2.25. The van der Waals surface area contributed by atoms with Gasteiger partial charge in [-0.05, 0) is 61.6 Å². The average Bonchev–Trinajstić information content (AvgIpc) is 3.10. The molecule has 2 aromatic carbocycles. The Labute approximate surface area is 157 Å². The highest BCUT2D eigenvalue weighted by Crippen LogP contribution is 2.33. The summed E-state index contributed by atoms with van der Waals surface area (Å²) in [5.41, 5.74) is 3.21. The number of halogens is 1. The minimum absolute atomic E-state index is 0.0232. The summed E-state index contributed by atoms with van der Waals surface area (Å²) >= 11 is 0. The number of piperidine rings is 1. The van der Waals surface area contributed by atoms with Gasteiger partial charge < -0.3 is 14.6 Å². The zero-order valence-electron chi connectivity index (χ0n) is 15.4. The van der Waals surface area contributed by atoms with Gasteiger partial charge in [0.05, 0.1) is 0 Å². The van der Waals surface area contributed by atoms with Crippen LogP contribution in [0.25, 0.3) is 10.9 Å². The topological polar surface area (TPSA) is 45.3 Å². The summed E-state index contributed by atoms with van der Waals surface area (Å²) in [6, 6.07) is 12.6. The van der Waals surface area contributed by atoms with Gasteiger partial charge >= 0.3 is 0 Å². The molecule has 4 nitrogen and oxygen atoms in total. The molecule has 3 aromatic rings. The lowest BCUT2D eigenvalue weighted by atomic mass is 9.89. The van der Waals surface area contributed by atoms with Gasteiger partial charge in [0, 0.05) is 30.2 Å². The summed E-state index contributed by atoms with van der Waals surface area (Å²) in [5.74, 6) is 0.890. The quantitative estimate of drug-likeness (QED) is 0.744. The van der Waals surface area contributed by atoms with E-state index in [1.54, 1.807) is 0 Å². The molecule has 1 saturated heterocycles. The minimum atomic E-state index is -0.232. The third-order valence-electron chi connectivity index (χ3n) is 5.35. The first-order valence-electron chi connectivity index (χ1n) is 9.34. The molecule has 1 aromatic heterocycles. The minimum Gasteiger partial charge on any atom is -0.484 e. The second-order valence-electron chi connectivity index (χ2n) is 7.19. The van der Waals surface area contributed by atoms with Gasteiger partial charge in [-0.2, -0.15) is 0 Å². The molecule has 140 valence electrons. The molecule has 0 spiro atoms. The molecule has 0 saturated carbocycles. The maximum atomic E-state index is 13.4. The fourth-order valence-electron chi connectivity index (χ4n) is 3.77. The van der Waals surface area contributed by atoms with Crippen molar-refractivity contribution >= 4 is 16.8 Å². The monoisotopic (exact) mass is 366 g/mol. The number of carbonyl (C=O) groups is 1. The van der Waals surface area contributed by atoms with E-state index < -0.39 is 0 Å². The van der Waals surface area contributed by atoms with Gasteiger partial charge in [0.2, 0.25) is 0 Å². The molecule has 2 heterocycles. The van der Waals surface area contributed by atoms with Crippen LogP contribution < -0.4 is 4.74 Å². The number of hydrogen-bond acceptors (Lipinski definition) is 2. The Morgan fingerprint density at radius 2 is 1.93 bits per heavy atom. The second-order valence-corrected chi connectivity index (χ2v) is 7.19. The molecule has 0 bridgehead atoms. The van der Waals surface area contributed by atoms with Crippen molar-refractivity contribution in [2.75, 3.05) is 19.7 Å². The van der Waals surface area contributed by atoms with Crippen LogP contribution in [-0.4, -0.2) is 35.5 Å². The number of rotatable bonds is 4. The number of benzene rings is 2. The van der Waals surface area contributed by atoms with E-state index in [-0.39, 0.29) is 18.3 Å². The Morgan fingerprint density at radius 3 is 2.67 bits per heavy atom. The number of H-pyrrole nitrogens is 1. The van der Waals surface area contributed by atoms with Crippen LogP contribution in [0.3, 0.4) is 0 Å². The highest BCUT2D eigenvalue weighted by atomic mass is 19.1. The first kappa shape index (κ1) is 17.6. The predicted octanol–water partition coefficient (Wildman–Crippen LogP) is 4.40. The first-order chi connectivity index (χ1) is 13.1. The molecule has 0 radical (unpaired) electrons. The summed E-state index contributed by atoms with van der Waals surface area (Å²) in [5, 5.41) is 1.07. The number of aryl methyl sites for hydroxylation is 1. The van der Waals surface area contributed by atoms with Crippen LogP contribution in [0.4, 0.5) is 4.39 Å². The Morgan fingerprint density at radius 1 is 1.19 bits per heavy atom. The van der Waals surface area contributed by atoms with Gasteiger partial charge in [0.15, 0.2) is 6.61 Å². The number of aromatic amines is 1. The van der Waals surface area contributed by atoms with Crippen molar-refractivity contribution < 1.29 is 13.9 Å². The number of ether oxygens (including phenoxy) is 1. The zero-order valence-corrected chi connectivity index (χ0v) is 15.4. The van der Waals surface area contributed by atoms with Crippen LogP contribution >= 0.6 is 0 Å². The molecule has 1 N–H and O–H groups in total. The molecule has 4 rings (SSSR count). The van der Waals surface area contributed by atoms with Gasteiger partial charge in [-0.3, -0.25) is 4.79 Å². The molecule has 0 aliphatic carbocycles. The smallest absolute Gasteiger partial charge is 0.260 e. The number of likely N-dealkylation sites (tertiary alicyclic amines) is 1. The van der Waals surface area contributed by atoms with E-state index in [2.05, 4.69) is 4.98 Å². The number of nitrogens with one attached hydrogen (secondary N) is 1. The SMILES string of the molecule is Cc1ccc(OCC(=O)N2CCC(c3c[nH]c4cc(F)ccc34)CC2)cc1. The fraction of sp³-hybridized carbons (Fsp3) is 0.318. The van der Waals surface area contributed by atoms with Crippen LogP contribution in [0.15, 0.2) is 48.7 Å². The molecule has 1 aliphatic heterocycles. The van der Waals surface area contributed by atoms with E-state index in [4.69, 9.17) is 4.74 Å². The maximum Gasteiger partial charge on any atom is 0.260 e. The number of aromatic nitrogens is 1. The normalized spacial score (nSPS) is 15.3. The largest absolute Gasteiger partial charge is 0.484 e. The maximum absolute atomic E-state index is 13.4. The fourth-order valence-corrected chi connectivity index (χ4v) is 3.77.